The Morgan fingerprint density at radius 3 is 2.50 bits per heavy atom. The predicted molar refractivity (Wildman–Crippen MR) is 48.8 cm³/mol. The van der Waals surface area contributed by atoms with E-state index in [1.807, 2.05) is 0 Å². The van der Waals surface area contributed by atoms with Gasteiger partial charge in [-0.25, -0.2) is 0 Å². The van der Waals surface area contributed by atoms with Gasteiger partial charge in [0.2, 0.25) is 0 Å². The van der Waals surface area contributed by atoms with Crippen LogP contribution in [0.4, 0.5) is 0 Å². The Kier molecular flexibility index (Phi) is 3.10. The molecule has 14 heavy (non-hydrogen) atoms. The number of rotatable bonds is 3. The molecule has 1 saturated carbocycles. The lowest BCUT2D eigenvalue weighted by Crippen LogP contribution is -2.56. The third-order valence-corrected chi connectivity index (χ3v) is 2.94. The number of hydrogen-bond donors (Lipinski definition) is 3. The molecule has 0 bridgehead atoms. The number of carbonyl (C=O) groups is 2. The number of hydrogen-bond acceptors (Lipinski definition) is 3. The van der Waals surface area contributed by atoms with Gasteiger partial charge >= 0.3 is 11.9 Å². The summed E-state index contributed by atoms with van der Waals surface area (Å²) >= 11 is 0. The normalized spacial score (nSPS) is 32.5. The Hall–Kier alpha value is -1.10. The quantitative estimate of drug-likeness (QED) is 0.614. The molecule has 1 aliphatic carbocycles. The zero-order valence-corrected chi connectivity index (χ0v) is 7.90. The van der Waals surface area contributed by atoms with E-state index in [4.69, 9.17) is 15.9 Å². The molecule has 1 aliphatic rings. The van der Waals surface area contributed by atoms with Gasteiger partial charge in [-0.3, -0.25) is 9.59 Å². The van der Waals surface area contributed by atoms with Crippen molar-refractivity contribution in [1.29, 1.82) is 0 Å². The van der Waals surface area contributed by atoms with Gasteiger partial charge in [0.25, 0.3) is 0 Å². The molecule has 0 saturated heterocycles. The molecule has 0 radical (unpaired) electrons. The fourth-order valence-electron chi connectivity index (χ4n) is 2.05. The van der Waals surface area contributed by atoms with Gasteiger partial charge in [0.1, 0.15) is 5.54 Å². The average molecular weight is 201 g/mol. The van der Waals surface area contributed by atoms with Crippen LogP contribution in [0.2, 0.25) is 0 Å². The SMILES string of the molecule is NC1(C(=O)O)CCCCC1CC(=O)O. The fourth-order valence-corrected chi connectivity index (χ4v) is 2.05. The van der Waals surface area contributed by atoms with Crippen molar-refractivity contribution in [1.82, 2.24) is 0 Å². The molecule has 0 aromatic heterocycles. The van der Waals surface area contributed by atoms with Crippen molar-refractivity contribution in [2.75, 3.05) is 0 Å². The molecule has 0 spiro atoms. The van der Waals surface area contributed by atoms with Crippen LogP contribution in [0, 0.1) is 5.92 Å². The summed E-state index contributed by atoms with van der Waals surface area (Å²) in [5.74, 6) is -2.50. The first-order chi connectivity index (χ1) is 6.47. The number of nitrogens with two attached hydrogens (primary N) is 1. The second-order valence-electron chi connectivity index (χ2n) is 3.89. The third kappa shape index (κ3) is 2.04. The van der Waals surface area contributed by atoms with E-state index in [9.17, 15) is 9.59 Å². The first kappa shape index (κ1) is 11.0. The molecule has 2 atom stereocenters. The summed E-state index contributed by atoms with van der Waals surface area (Å²) in [7, 11) is 0. The highest BCUT2D eigenvalue weighted by molar-refractivity contribution is 5.80. The van der Waals surface area contributed by atoms with Crippen LogP contribution in [-0.2, 0) is 9.59 Å². The Balaban J connectivity index is 2.77. The van der Waals surface area contributed by atoms with E-state index in [0.29, 0.717) is 12.8 Å². The van der Waals surface area contributed by atoms with Crippen LogP contribution < -0.4 is 5.73 Å². The topological polar surface area (TPSA) is 101 Å². The number of carboxylic acid groups (broad SMARTS) is 2. The minimum Gasteiger partial charge on any atom is -0.481 e. The summed E-state index contributed by atoms with van der Waals surface area (Å²) in [6.45, 7) is 0. The molecule has 0 heterocycles. The molecule has 0 aliphatic heterocycles. The van der Waals surface area contributed by atoms with Crippen molar-refractivity contribution in [2.24, 2.45) is 11.7 Å². The summed E-state index contributed by atoms with van der Waals surface area (Å²) in [4.78, 5) is 21.5. The maximum atomic E-state index is 11.0. The highest BCUT2D eigenvalue weighted by Gasteiger charge is 2.44. The highest BCUT2D eigenvalue weighted by Crippen LogP contribution is 2.34. The zero-order chi connectivity index (χ0) is 10.8. The molecule has 0 aromatic rings. The Labute approximate surface area is 81.9 Å². The molecule has 80 valence electrons. The maximum Gasteiger partial charge on any atom is 0.323 e. The Morgan fingerprint density at radius 1 is 1.36 bits per heavy atom. The van der Waals surface area contributed by atoms with E-state index in [-0.39, 0.29) is 6.42 Å². The van der Waals surface area contributed by atoms with Gasteiger partial charge in [-0.15, -0.1) is 0 Å². The Morgan fingerprint density at radius 2 is 2.00 bits per heavy atom. The van der Waals surface area contributed by atoms with E-state index in [1.165, 1.54) is 0 Å². The molecule has 5 heteroatoms. The van der Waals surface area contributed by atoms with Crippen LogP contribution in [0.5, 0.6) is 0 Å². The first-order valence-electron chi connectivity index (χ1n) is 4.71. The van der Waals surface area contributed by atoms with Gasteiger partial charge in [0.15, 0.2) is 0 Å². The number of aliphatic carboxylic acids is 2. The van der Waals surface area contributed by atoms with Crippen LogP contribution in [0.15, 0.2) is 0 Å². The van der Waals surface area contributed by atoms with Gasteiger partial charge in [0.05, 0.1) is 6.42 Å². The lowest BCUT2D eigenvalue weighted by molar-refractivity contribution is -0.149. The van der Waals surface area contributed by atoms with Crippen LogP contribution >= 0.6 is 0 Å². The maximum absolute atomic E-state index is 11.0. The van der Waals surface area contributed by atoms with Crippen molar-refractivity contribution in [3.63, 3.8) is 0 Å². The summed E-state index contributed by atoms with van der Waals surface area (Å²) in [5.41, 5.74) is 4.39. The number of carboxylic acids is 2. The summed E-state index contributed by atoms with van der Waals surface area (Å²) in [6.07, 6.45) is 2.45. The molecule has 1 fully saturated rings. The summed E-state index contributed by atoms with van der Waals surface area (Å²) in [6, 6.07) is 0. The largest absolute Gasteiger partial charge is 0.481 e. The minimum atomic E-state index is -1.34. The van der Waals surface area contributed by atoms with E-state index in [1.54, 1.807) is 0 Å². The molecular formula is C9H15NO4. The zero-order valence-electron chi connectivity index (χ0n) is 7.90. The molecular weight excluding hydrogens is 186 g/mol. The molecule has 0 aromatic carbocycles. The van der Waals surface area contributed by atoms with Crippen molar-refractivity contribution in [3.05, 3.63) is 0 Å². The second kappa shape index (κ2) is 3.96. The molecule has 0 amide bonds. The molecule has 2 unspecified atom stereocenters. The predicted octanol–water partition coefficient (Wildman–Crippen LogP) is 0.433. The summed E-state index contributed by atoms with van der Waals surface area (Å²) < 4.78 is 0. The molecule has 4 N–H and O–H groups in total. The second-order valence-corrected chi connectivity index (χ2v) is 3.89. The lowest BCUT2D eigenvalue weighted by Gasteiger charge is -2.36. The molecule has 5 nitrogen and oxygen atoms in total. The van der Waals surface area contributed by atoms with Gasteiger partial charge in [-0.2, -0.15) is 0 Å². The highest BCUT2D eigenvalue weighted by atomic mass is 16.4. The fraction of sp³-hybridized carbons (Fsp3) is 0.778. The van der Waals surface area contributed by atoms with Crippen molar-refractivity contribution < 1.29 is 19.8 Å². The Bertz CT molecular complexity index is 253. The van der Waals surface area contributed by atoms with E-state index < -0.39 is 23.4 Å². The van der Waals surface area contributed by atoms with Crippen molar-refractivity contribution in [3.8, 4) is 0 Å². The van der Waals surface area contributed by atoms with E-state index in [0.717, 1.165) is 12.8 Å². The third-order valence-electron chi connectivity index (χ3n) is 2.94. The van der Waals surface area contributed by atoms with E-state index in [2.05, 4.69) is 0 Å². The lowest BCUT2D eigenvalue weighted by atomic mass is 9.72. The smallest absolute Gasteiger partial charge is 0.323 e. The molecule has 1 rings (SSSR count). The van der Waals surface area contributed by atoms with Crippen LogP contribution in [0.1, 0.15) is 32.1 Å². The van der Waals surface area contributed by atoms with Crippen LogP contribution in [0.3, 0.4) is 0 Å². The standard InChI is InChI=1S/C9H15NO4/c10-9(8(13)14)4-2-1-3-6(9)5-7(11)12/h6H,1-5,10H2,(H,11,12)(H,13,14). The van der Waals surface area contributed by atoms with Crippen LogP contribution in [0.25, 0.3) is 0 Å². The first-order valence-corrected chi connectivity index (χ1v) is 4.71. The average Bonchev–Trinajstić information content (AvgIpc) is 2.08. The van der Waals surface area contributed by atoms with Crippen LogP contribution in [-0.4, -0.2) is 27.7 Å². The monoisotopic (exact) mass is 201 g/mol. The van der Waals surface area contributed by atoms with Crippen molar-refractivity contribution in [2.45, 2.75) is 37.6 Å². The van der Waals surface area contributed by atoms with Gasteiger partial charge in [-0.05, 0) is 18.8 Å². The summed E-state index contributed by atoms with van der Waals surface area (Å²) in [5, 5.41) is 17.6. The van der Waals surface area contributed by atoms with Gasteiger partial charge < -0.3 is 15.9 Å². The van der Waals surface area contributed by atoms with Gasteiger partial charge in [-0.1, -0.05) is 12.8 Å². The van der Waals surface area contributed by atoms with Crippen molar-refractivity contribution >= 4 is 11.9 Å². The van der Waals surface area contributed by atoms with E-state index >= 15 is 0 Å². The van der Waals surface area contributed by atoms with Gasteiger partial charge in [0, 0.05) is 0 Å². The minimum absolute atomic E-state index is 0.150.